The van der Waals surface area contributed by atoms with Crippen molar-refractivity contribution in [3.63, 3.8) is 0 Å². The number of aromatic nitrogens is 3. The Morgan fingerprint density at radius 3 is 2.27 bits per heavy atom. The van der Waals surface area contributed by atoms with Crippen molar-refractivity contribution in [3.8, 4) is 11.3 Å². The summed E-state index contributed by atoms with van der Waals surface area (Å²) in [6.07, 6.45) is 0. The van der Waals surface area contributed by atoms with Crippen LogP contribution in [0.5, 0.6) is 0 Å². The molecule has 3 nitrogen and oxygen atoms in total. The van der Waals surface area contributed by atoms with E-state index in [2.05, 4.69) is 15.2 Å². The Labute approximate surface area is 87.0 Å². The number of pyridine rings is 1. The van der Waals surface area contributed by atoms with Gasteiger partial charge in [0.2, 0.25) is 5.95 Å². The van der Waals surface area contributed by atoms with Gasteiger partial charge in [0.05, 0.1) is 17.0 Å². The minimum atomic E-state index is -0.506. The molecule has 0 aliphatic carbocycles. The topological polar surface area (TPSA) is 38.7 Å². The van der Waals surface area contributed by atoms with E-state index in [0.717, 1.165) is 5.69 Å². The van der Waals surface area contributed by atoms with Crippen LogP contribution < -0.4 is 0 Å². The number of rotatable bonds is 1. The maximum Gasteiger partial charge on any atom is 0.222 e. The predicted octanol–water partition coefficient (Wildman–Crippen LogP) is 2.29. The highest BCUT2D eigenvalue weighted by Crippen LogP contribution is 2.18. The second kappa shape index (κ2) is 3.73. The van der Waals surface area contributed by atoms with Gasteiger partial charge in [-0.2, -0.15) is 14.6 Å². The molecule has 0 saturated carbocycles. The van der Waals surface area contributed by atoms with Gasteiger partial charge in [0, 0.05) is 5.69 Å². The first-order valence-electron chi connectivity index (χ1n) is 4.60. The zero-order valence-corrected chi connectivity index (χ0v) is 8.53. The van der Waals surface area contributed by atoms with E-state index in [1.807, 2.05) is 6.92 Å². The molecule has 0 N–H and O–H groups in total. The summed E-state index contributed by atoms with van der Waals surface area (Å²) in [5.41, 5.74) is 2.34. The number of hydrogen-bond acceptors (Lipinski definition) is 3. The average Bonchev–Trinajstić information content (AvgIpc) is 2.20. The van der Waals surface area contributed by atoms with Crippen LogP contribution in [0.1, 0.15) is 11.4 Å². The van der Waals surface area contributed by atoms with E-state index in [1.165, 1.54) is 0 Å². The minimum absolute atomic E-state index is 0.383. The van der Waals surface area contributed by atoms with Gasteiger partial charge in [0.15, 0.2) is 0 Å². The molecule has 0 unspecified atom stereocenters. The highest BCUT2D eigenvalue weighted by molar-refractivity contribution is 5.57. The molecule has 0 radical (unpaired) electrons. The van der Waals surface area contributed by atoms with Crippen LogP contribution >= 0.6 is 0 Å². The lowest BCUT2D eigenvalue weighted by atomic mass is 10.2. The minimum Gasteiger partial charge on any atom is -0.225 e. The highest BCUT2D eigenvalue weighted by atomic mass is 19.1. The fraction of sp³-hybridized carbons (Fsp3) is 0.182. The Bertz CT molecular complexity index is 480. The van der Waals surface area contributed by atoms with Crippen LogP contribution in [0.25, 0.3) is 11.3 Å². The third kappa shape index (κ3) is 1.98. The molecule has 0 atom stereocenters. The fourth-order valence-electron chi connectivity index (χ4n) is 1.26. The molecular formula is C11H10FN3. The third-order valence-electron chi connectivity index (χ3n) is 2.06. The largest absolute Gasteiger partial charge is 0.225 e. The van der Waals surface area contributed by atoms with E-state index in [-0.39, 0.29) is 0 Å². The van der Waals surface area contributed by atoms with Gasteiger partial charge in [0.25, 0.3) is 0 Å². The third-order valence-corrected chi connectivity index (χ3v) is 2.06. The zero-order chi connectivity index (χ0) is 10.8. The van der Waals surface area contributed by atoms with Crippen molar-refractivity contribution < 1.29 is 4.39 Å². The molecule has 0 aromatic carbocycles. The van der Waals surface area contributed by atoms with Gasteiger partial charge in [-0.3, -0.25) is 0 Å². The number of hydrogen-bond donors (Lipinski definition) is 0. The Balaban J connectivity index is 2.49. The van der Waals surface area contributed by atoms with E-state index < -0.39 is 5.95 Å². The van der Waals surface area contributed by atoms with Crippen LogP contribution in [0.3, 0.4) is 0 Å². The molecule has 0 fully saturated rings. The maximum atomic E-state index is 13.5. The van der Waals surface area contributed by atoms with E-state index in [4.69, 9.17) is 0 Å². The lowest BCUT2D eigenvalue weighted by Gasteiger charge is -2.01. The number of nitrogens with zero attached hydrogens (tertiary/aromatic N) is 3. The van der Waals surface area contributed by atoms with Gasteiger partial charge in [-0.05, 0) is 38.1 Å². The molecule has 4 heteroatoms. The Kier molecular flexibility index (Phi) is 2.41. The predicted molar refractivity (Wildman–Crippen MR) is 54.7 cm³/mol. The molecule has 0 aliphatic rings. The van der Waals surface area contributed by atoms with Crippen molar-refractivity contribution in [3.05, 3.63) is 41.6 Å². The van der Waals surface area contributed by atoms with Crippen LogP contribution in [-0.2, 0) is 0 Å². The molecule has 76 valence electrons. The summed E-state index contributed by atoms with van der Waals surface area (Å²) in [6, 6.07) is 6.94. The van der Waals surface area contributed by atoms with Gasteiger partial charge in [-0.1, -0.05) is 0 Å². The summed E-state index contributed by atoms with van der Waals surface area (Å²) in [5, 5.41) is 7.78. The van der Waals surface area contributed by atoms with Gasteiger partial charge in [-0.25, -0.2) is 4.98 Å². The van der Waals surface area contributed by atoms with Crippen molar-refractivity contribution in [2.75, 3.05) is 0 Å². The van der Waals surface area contributed by atoms with Crippen molar-refractivity contribution >= 4 is 0 Å². The molecule has 2 aromatic heterocycles. The average molecular weight is 203 g/mol. The van der Waals surface area contributed by atoms with E-state index in [1.54, 1.807) is 31.2 Å². The van der Waals surface area contributed by atoms with Crippen molar-refractivity contribution in [2.45, 2.75) is 13.8 Å². The van der Waals surface area contributed by atoms with Crippen LogP contribution in [0.4, 0.5) is 4.39 Å². The number of halogens is 1. The normalized spacial score (nSPS) is 10.3. The first kappa shape index (κ1) is 9.71. The van der Waals surface area contributed by atoms with Crippen molar-refractivity contribution in [1.29, 1.82) is 0 Å². The smallest absolute Gasteiger partial charge is 0.222 e. The lowest BCUT2D eigenvalue weighted by molar-refractivity contribution is 0.583. The summed E-state index contributed by atoms with van der Waals surface area (Å²) >= 11 is 0. The molecule has 0 bridgehead atoms. The zero-order valence-electron chi connectivity index (χ0n) is 8.53. The molecule has 0 aliphatic heterocycles. The Hall–Kier alpha value is -1.84. The van der Waals surface area contributed by atoms with E-state index in [0.29, 0.717) is 17.0 Å². The molecule has 2 heterocycles. The number of aryl methyl sites for hydroxylation is 2. The van der Waals surface area contributed by atoms with E-state index in [9.17, 15) is 4.39 Å². The summed E-state index contributed by atoms with van der Waals surface area (Å²) in [6.45, 7) is 3.58. The molecule has 2 rings (SSSR count). The fourth-order valence-corrected chi connectivity index (χ4v) is 1.26. The highest BCUT2D eigenvalue weighted by Gasteiger charge is 2.07. The molecular weight excluding hydrogens is 193 g/mol. The van der Waals surface area contributed by atoms with E-state index >= 15 is 0 Å². The molecule has 0 saturated heterocycles. The first-order valence-corrected chi connectivity index (χ1v) is 4.60. The van der Waals surface area contributed by atoms with Crippen LogP contribution in [0, 0.1) is 19.8 Å². The SMILES string of the molecule is Cc1ccc(-c2ccc(C)nc2F)nn1. The van der Waals surface area contributed by atoms with Crippen molar-refractivity contribution in [2.24, 2.45) is 0 Å². The quantitative estimate of drug-likeness (QED) is 0.667. The van der Waals surface area contributed by atoms with Gasteiger partial charge in [-0.15, -0.1) is 0 Å². The molecule has 0 spiro atoms. The van der Waals surface area contributed by atoms with Crippen molar-refractivity contribution in [1.82, 2.24) is 15.2 Å². The van der Waals surface area contributed by atoms with Gasteiger partial charge < -0.3 is 0 Å². The van der Waals surface area contributed by atoms with Crippen LogP contribution in [0.2, 0.25) is 0 Å². The summed E-state index contributed by atoms with van der Waals surface area (Å²) in [5.74, 6) is -0.506. The first-order chi connectivity index (χ1) is 7.16. The monoisotopic (exact) mass is 203 g/mol. The van der Waals surface area contributed by atoms with Gasteiger partial charge >= 0.3 is 0 Å². The molecule has 15 heavy (non-hydrogen) atoms. The van der Waals surface area contributed by atoms with Crippen LogP contribution in [0.15, 0.2) is 24.3 Å². The Morgan fingerprint density at radius 1 is 0.933 bits per heavy atom. The summed E-state index contributed by atoms with van der Waals surface area (Å²) < 4.78 is 13.5. The second-order valence-electron chi connectivity index (χ2n) is 3.35. The Morgan fingerprint density at radius 2 is 1.67 bits per heavy atom. The molecule has 2 aromatic rings. The second-order valence-corrected chi connectivity index (χ2v) is 3.35. The summed E-state index contributed by atoms with van der Waals surface area (Å²) in [4.78, 5) is 3.74. The maximum absolute atomic E-state index is 13.5. The standard InChI is InChI=1S/C11H10FN3/c1-7-3-5-9(11(12)13-7)10-6-4-8(2)14-15-10/h3-6H,1-2H3. The van der Waals surface area contributed by atoms with Gasteiger partial charge in [0.1, 0.15) is 0 Å². The van der Waals surface area contributed by atoms with Crippen LogP contribution in [-0.4, -0.2) is 15.2 Å². The summed E-state index contributed by atoms with van der Waals surface area (Å²) in [7, 11) is 0. The lowest BCUT2D eigenvalue weighted by Crippen LogP contribution is -1.95. The molecule has 0 amide bonds.